The van der Waals surface area contributed by atoms with Crippen LogP contribution in [0.2, 0.25) is 0 Å². The number of carbonyl (C=O) groups excluding carboxylic acids is 1. The highest BCUT2D eigenvalue weighted by Crippen LogP contribution is 2.45. The Morgan fingerprint density at radius 2 is 1.90 bits per heavy atom. The van der Waals surface area contributed by atoms with E-state index in [1.807, 2.05) is 10.6 Å². The number of benzene rings is 1. The van der Waals surface area contributed by atoms with Crippen LogP contribution >= 0.6 is 0 Å². The van der Waals surface area contributed by atoms with Crippen LogP contribution < -0.4 is 19.6 Å². The summed E-state index contributed by atoms with van der Waals surface area (Å²) in [5.41, 5.74) is 1.10. The van der Waals surface area contributed by atoms with Crippen LogP contribution in [0.4, 0.5) is 0 Å². The van der Waals surface area contributed by atoms with E-state index < -0.39 is 0 Å². The number of ketones is 1. The largest absolute Gasteiger partial charge is 0.493 e. The first-order valence-corrected chi connectivity index (χ1v) is 10.4. The van der Waals surface area contributed by atoms with E-state index in [1.54, 1.807) is 26.5 Å². The number of Topliss-reactive ketones (excluding diaryl/α,β-unsaturated/α-hetero) is 1. The van der Waals surface area contributed by atoms with Crippen LogP contribution in [0.5, 0.6) is 17.2 Å². The molecule has 1 aliphatic rings. The van der Waals surface area contributed by atoms with Crippen molar-refractivity contribution < 1.29 is 23.7 Å². The van der Waals surface area contributed by atoms with Crippen molar-refractivity contribution in [2.75, 3.05) is 34.0 Å². The van der Waals surface area contributed by atoms with Gasteiger partial charge in [-0.15, -0.1) is 0 Å². The first-order valence-electron chi connectivity index (χ1n) is 10.4. The van der Waals surface area contributed by atoms with Gasteiger partial charge < -0.3 is 23.5 Å². The van der Waals surface area contributed by atoms with Crippen LogP contribution in [0.25, 0.3) is 11.3 Å². The first-order chi connectivity index (χ1) is 14.7. The summed E-state index contributed by atoms with van der Waals surface area (Å²) in [4.78, 5) is 24.7. The summed E-state index contributed by atoms with van der Waals surface area (Å²) >= 11 is 0. The molecule has 2 heterocycles. The molecule has 0 aliphatic carbocycles. The van der Waals surface area contributed by atoms with Gasteiger partial charge in [-0.3, -0.25) is 9.59 Å². The van der Waals surface area contributed by atoms with Crippen molar-refractivity contribution in [1.29, 1.82) is 0 Å². The predicted molar refractivity (Wildman–Crippen MR) is 119 cm³/mol. The van der Waals surface area contributed by atoms with E-state index in [0.29, 0.717) is 42.8 Å². The number of rotatable bonds is 7. The van der Waals surface area contributed by atoms with Crippen molar-refractivity contribution in [3.05, 3.63) is 40.2 Å². The average Bonchev–Trinajstić information content (AvgIpc) is 2.85. The molecule has 0 saturated carbocycles. The standard InChI is InChI=1S/C24H31NO6/c1-15(26)17-13-25-18(11-19(17)27)16-10-21(29-6)22(30-9-7-8-28-5)12-20(16)31-14-23(25)24(2,3)4/h10-13,23H,7-9,14H2,1-6H3. The van der Waals surface area contributed by atoms with Gasteiger partial charge in [0.1, 0.15) is 12.4 Å². The van der Waals surface area contributed by atoms with Gasteiger partial charge in [-0.1, -0.05) is 20.8 Å². The van der Waals surface area contributed by atoms with E-state index in [1.165, 1.54) is 13.0 Å². The number of aromatic nitrogens is 1. The summed E-state index contributed by atoms with van der Waals surface area (Å²) in [7, 11) is 3.23. The Balaban J connectivity index is 2.16. The average molecular weight is 430 g/mol. The molecule has 0 N–H and O–H groups in total. The molecule has 0 fully saturated rings. The van der Waals surface area contributed by atoms with Crippen molar-refractivity contribution in [3.8, 4) is 28.5 Å². The van der Waals surface area contributed by atoms with Gasteiger partial charge in [0.2, 0.25) is 0 Å². The molecule has 7 nitrogen and oxygen atoms in total. The maximum atomic E-state index is 12.7. The number of hydrogen-bond donors (Lipinski definition) is 0. The Morgan fingerprint density at radius 1 is 1.16 bits per heavy atom. The summed E-state index contributed by atoms with van der Waals surface area (Å²) in [6.07, 6.45) is 2.41. The topological polar surface area (TPSA) is 76.0 Å². The molecular weight excluding hydrogens is 398 g/mol. The van der Waals surface area contributed by atoms with Crippen molar-refractivity contribution in [2.45, 2.75) is 40.2 Å². The quantitative estimate of drug-likeness (QED) is 0.487. The van der Waals surface area contributed by atoms with Crippen molar-refractivity contribution in [3.63, 3.8) is 0 Å². The molecule has 1 unspecified atom stereocenters. The molecule has 1 aromatic heterocycles. The van der Waals surface area contributed by atoms with Crippen molar-refractivity contribution in [2.24, 2.45) is 5.41 Å². The highest BCUT2D eigenvalue weighted by Gasteiger charge is 2.33. The molecule has 1 aliphatic heterocycles. The fourth-order valence-electron chi connectivity index (χ4n) is 3.72. The Hall–Kier alpha value is -2.80. The minimum Gasteiger partial charge on any atom is -0.493 e. The molecule has 168 valence electrons. The van der Waals surface area contributed by atoms with Crippen molar-refractivity contribution >= 4 is 5.78 Å². The zero-order chi connectivity index (χ0) is 22.8. The minimum atomic E-state index is -0.307. The third kappa shape index (κ3) is 4.77. The van der Waals surface area contributed by atoms with Gasteiger partial charge in [-0.25, -0.2) is 0 Å². The van der Waals surface area contributed by atoms with Gasteiger partial charge in [0, 0.05) is 44.0 Å². The smallest absolute Gasteiger partial charge is 0.192 e. The molecule has 3 rings (SSSR count). The maximum Gasteiger partial charge on any atom is 0.192 e. The van der Waals surface area contributed by atoms with Gasteiger partial charge in [-0.2, -0.15) is 0 Å². The Kier molecular flexibility index (Phi) is 6.74. The van der Waals surface area contributed by atoms with Crippen LogP contribution in [0, 0.1) is 5.41 Å². The van der Waals surface area contributed by atoms with Gasteiger partial charge >= 0.3 is 0 Å². The van der Waals surface area contributed by atoms with Gasteiger partial charge in [0.05, 0.1) is 31.0 Å². The van der Waals surface area contributed by atoms with Crippen LogP contribution in [-0.4, -0.2) is 44.4 Å². The van der Waals surface area contributed by atoms with E-state index >= 15 is 0 Å². The lowest BCUT2D eigenvalue weighted by atomic mass is 9.86. The fraction of sp³-hybridized carbons (Fsp3) is 0.500. The van der Waals surface area contributed by atoms with E-state index in [9.17, 15) is 9.59 Å². The molecule has 0 radical (unpaired) electrons. The summed E-state index contributed by atoms with van der Waals surface area (Å²) in [5, 5.41) is 0. The summed E-state index contributed by atoms with van der Waals surface area (Å²) in [5.74, 6) is 1.47. The molecule has 7 heteroatoms. The lowest BCUT2D eigenvalue weighted by molar-refractivity contribution is 0.101. The lowest BCUT2D eigenvalue weighted by Crippen LogP contribution is -2.31. The lowest BCUT2D eigenvalue weighted by Gasteiger charge is -2.32. The number of ether oxygens (including phenoxy) is 4. The van der Waals surface area contributed by atoms with Crippen LogP contribution in [0.15, 0.2) is 29.2 Å². The summed E-state index contributed by atoms with van der Waals surface area (Å²) in [6.45, 7) is 9.20. The van der Waals surface area contributed by atoms with Gasteiger partial charge in [0.15, 0.2) is 22.7 Å². The van der Waals surface area contributed by atoms with E-state index in [-0.39, 0.29) is 28.2 Å². The Morgan fingerprint density at radius 3 is 2.52 bits per heavy atom. The van der Waals surface area contributed by atoms with E-state index in [0.717, 1.165) is 12.0 Å². The number of carbonyl (C=O) groups is 1. The second kappa shape index (κ2) is 9.14. The molecule has 1 aromatic carbocycles. The van der Waals surface area contributed by atoms with Crippen molar-refractivity contribution in [1.82, 2.24) is 4.57 Å². The monoisotopic (exact) mass is 429 g/mol. The van der Waals surface area contributed by atoms with Crippen LogP contribution in [0.1, 0.15) is 50.5 Å². The number of fused-ring (bicyclic) bond motifs is 3. The Bertz CT molecular complexity index is 1020. The molecular formula is C24H31NO6. The normalized spacial score (nSPS) is 15.4. The second-order valence-electron chi connectivity index (χ2n) is 8.79. The zero-order valence-corrected chi connectivity index (χ0v) is 19.1. The number of pyridine rings is 1. The molecule has 0 amide bonds. The molecule has 31 heavy (non-hydrogen) atoms. The molecule has 1 atom stereocenters. The highest BCUT2D eigenvalue weighted by molar-refractivity contribution is 5.94. The van der Waals surface area contributed by atoms with E-state index in [4.69, 9.17) is 18.9 Å². The molecule has 2 aromatic rings. The third-order valence-corrected chi connectivity index (χ3v) is 5.48. The summed E-state index contributed by atoms with van der Waals surface area (Å²) in [6, 6.07) is 5.05. The number of hydrogen-bond acceptors (Lipinski definition) is 6. The van der Waals surface area contributed by atoms with Gasteiger partial charge in [-0.05, 0) is 18.4 Å². The zero-order valence-electron chi connectivity index (χ0n) is 19.1. The number of nitrogens with zero attached hydrogens (tertiary/aromatic N) is 1. The Labute approximate surface area is 182 Å². The van der Waals surface area contributed by atoms with E-state index in [2.05, 4.69) is 20.8 Å². The summed E-state index contributed by atoms with van der Waals surface area (Å²) < 4.78 is 24.7. The minimum absolute atomic E-state index is 0.0920. The van der Waals surface area contributed by atoms with Crippen LogP contribution in [0.3, 0.4) is 0 Å². The second-order valence-corrected chi connectivity index (χ2v) is 8.79. The third-order valence-electron chi connectivity index (χ3n) is 5.48. The fourth-order valence-corrected chi connectivity index (χ4v) is 3.72. The highest BCUT2D eigenvalue weighted by atomic mass is 16.5. The predicted octanol–water partition coefficient (Wildman–Crippen LogP) is 4.12. The molecule has 0 saturated heterocycles. The molecule has 0 spiro atoms. The SMILES string of the molecule is COCCCOc1cc2c(cc1OC)-c1cc(=O)c(C(C)=O)cn1C(C(C)(C)C)CO2. The molecule has 0 bridgehead atoms. The number of methoxy groups -OCH3 is 2. The maximum absolute atomic E-state index is 12.7. The van der Waals surface area contributed by atoms with Gasteiger partial charge in [0.25, 0.3) is 0 Å². The first kappa shape index (κ1) is 22.9. The van der Waals surface area contributed by atoms with Crippen LogP contribution in [-0.2, 0) is 4.74 Å².